The SMILES string of the molecule is CCCC(CC(=O)O)n1nnnc1-c1cn[nH]c1. The number of nitrogens with zero attached hydrogens (tertiary/aromatic N) is 5. The quantitative estimate of drug-likeness (QED) is 0.787. The first-order chi connectivity index (χ1) is 8.72. The van der Waals surface area contributed by atoms with Crippen LogP contribution in [0.4, 0.5) is 0 Å². The lowest BCUT2D eigenvalue weighted by Crippen LogP contribution is -2.16. The van der Waals surface area contributed by atoms with Crippen LogP contribution in [0.25, 0.3) is 11.4 Å². The summed E-state index contributed by atoms with van der Waals surface area (Å²) in [5, 5.41) is 26.9. The summed E-state index contributed by atoms with van der Waals surface area (Å²) in [6.45, 7) is 2.00. The van der Waals surface area contributed by atoms with E-state index < -0.39 is 5.97 Å². The highest BCUT2D eigenvalue weighted by molar-refractivity contribution is 5.67. The largest absolute Gasteiger partial charge is 0.481 e. The van der Waals surface area contributed by atoms with Crippen molar-refractivity contribution in [3.63, 3.8) is 0 Å². The smallest absolute Gasteiger partial charge is 0.305 e. The zero-order valence-electron chi connectivity index (χ0n) is 9.94. The Morgan fingerprint density at radius 3 is 3.06 bits per heavy atom. The summed E-state index contributed by atoms with van der Waals surface area (Å²) in [6.07, 6.45) is 4.85. The van der Waals surface area contributed by atoms with Crippen LogP contribution in [0.1, 0.15) is 32.2 Å². The normalized spacial score (nSPS) is 12.5. The van der Waals surface area contributed by atoms with E-state index in [2.05, 4.69) is 25.7 Å². The molecular weight excluding hydrogens is 236 g/mol. The summed E-state index contributed by atoms with van der Waals surface area (Å²) in [5.74, 6) is -0.328. The third-order valence-corrected chi connectivity index (χ3v) is 2.63. The summed E-state index contributed by atoms with van der Waals surface area (Å²) in [6, 6.07) is -0.243. The molecule has 0 spiro atoms. The van der Waals surface area contributed by atoms with Crippen molar-refractivity contribution in [3.05, 3.63) is 12.4 Å². The fourth-order valence-electron chi connectivity index (χ4n) is 1.85. The van der Waals surface area contributed by atoms with Crippen LogP contribution in [0.5, 0.6) is 0 Å². The second kappa shape index (κ2) is 5.39. The number of tetrazole rings is 1. The van der Waals surface area contributed by atoms with E-state index in [0.29, 0.717) is 12.2 Å². The highest BCUT2D eigenvalue weighted by Gasteiger charge is 2.20. The minimum Gasteiger partial charge on any atom is -0.481 e. The highest BCUT2D eigenvalue weighted by Crippen LogP contribution is 2.23. The number of aliphatic carboxylic acids is 1. The van der Waals surface area contributed by atoms with Gasteiger partial charge in [-0.15, -0.1) is 5.10 Å². The van der Waals surface area contributed by atoms with E-state index in [4.69, 9.17) is 5.11 Å². The van der Waals surface area contributed by atoms with Crippen LogP contribution in [-0.2, 0) is 4.79 Å². The molecule has 18 heavy (non-hydrogen) atoms. The van der Waals surface area contributed by atoms with E-state index in [9.17, 15) is 4.79 Å². The molecule has 0 aliphatic carbocycles. The van der Waals surface area contributed by atoms with E-state index in [0.717, 1.165) is 12.0 Å². The van der Waals surface area contributed by atoms with Gasteiger partial charge in [0.05, 0.1) is 24.2 Å². The molecule has 0 fully saturated rings. The number of carboxylic acid groups (broad SMARTS) is 1. The second-order valence-electron chi connectivity index (χ2n) is 3.97. The maximum absolute atomic E-state index is 10.9. The van der Waals surface area contributed by atoms with Crippen LogP contribution in [-0.4, -0.2) is 41.5 Å². The molecule has 8 heteroatoms. The third-order valence-electron chi connectivity index (χ3n) is 2.63. The molecule has 8 nitrogen and oxygen atoms in total. The van der Waals surface area contributed by atoms with Crippen LogP contribution in [0.2, 0.25) is 0 Å². The summed E-state index contributed by atoms with van der Waals surface area (Å²) < 4.78 is 1.56. The molecule has 2 rings (SSSR count). The molecule has 0 amide bonds. The van der Waals surface area contributed by atoms with Gasteiger partial charge in [-0.1, -0.05) is 13.3 Å². The summed E-state index contributed by atoms with van der Waals surface area (Å²) in [7, 11) is 0. The van der Waals surface area contributed by atoms with Gasteiger partial charge >= 0.3 is 5.97 Å². The number of hydrogen-bond acceptors (Lipinski definition) is 5. The third kappa shape index (κ3) is 2.53. The van der Waals surface area contributed by atoms with Gasteiger partial charge in [-0.25, -0.2) is 4.68 Å². The zero-order chi connectivity index (χ0) is 13.0. The van der Waals surface area contributed by atoms with Crippen molar-refractivity contribution in [2.75, 3.05) is 0 Å². The fraction of sp³-hybridized carbons (Fsp3) is 0.500. The molecule has 0 saturated heterocycles. The van der Waals surface area contributed by atoms with Gasteiger partial charge < -0.3 is 5.11 Å². The van der Waals surface area contributed by atoms with Crippen molar-refractivity contribution in [1.82, 2.24) is 30.4 Å². The number of hydrogen-bond donors (Lipinski definition) is 2. The summed E-state index contributed by atoms with van der Waals surface area (Å²) in [5.41, 5.74) is 0.742. The molecule has 0 bridgehead atoms. The minimum absolute atomic E-state index is 0.00370. The molecule has 0 aromatic carbocycles. The number of aromatic nitrogens is 6. The van der Waals surface area contributed by atoms with Crippen LogP contribution >= 0.6 is 0 Å². The summed E-state index contributed by atoms with van der Waals surface area (Å²) in [4.78, 5) is 10.9. The lowest BCUT2D eigenvalue weighted by Gasteiger charge is -2.14. The molecule has 0 aliphatic rings. The maximum Gasteiger partial charge on any atom is 0.305 e. The van der Waals surface area contributed by atoms with E-state index in [1.54, 1.807) is 17.1 Å². The van der Waals surface area contributed by atoms with Crippen LogP contribution in [0, 0.1) is 0 Å². The molecule has 2 heterocycles. The number of aromatic amines is 1. The van der Waals surface area contributed by atoms with Gasteiger partial charge in [-0.05, 0) is 16.8 Å². The van der Waals surface area contributed by atoms with Gasteiger partial charge in [-0.2, -0.15) is 5.10 Å². The number of nitrogens with one attached hydrogen (secondary N) is 1. The van der Waals surface area contributed by atoms with Gasteiger partial charge in [0.25, 0.3) is 0 Å². The Bertz CT molecular complexity index is 506. The van der Waals surface area contributed by atoms with Gasteiger partial charge in [0.2, 0.25) is 0 Å². The topological polar surface area (TPSA) is 110 Å². The number of carboxylic acids is 1. The molecule has 2 aromatic heterocycles. The molecule has 1 atom stereocenters. The zero-order valence-corrected chi connectivity index (χ0v) is 9.94. The first-order valence-corrected chi connectivity index (χ1v) is 5.71. The highest BCUT2D eigenvalue weighted by atomic mass is 16.4. The van der Waals surface area contributed by atoms with E-state index >= 15 is 0 Å². The predicted molar refractivity (Wildman–Crippen MR) is 61.6 cm³/mol. The first kappa shape index (κ1) is 12.2. The van der Waals surface area contributed by atoms with Gasteiger partial charge in [0, 0.05) is 6.20 Å². The van der Waals surface area contributed by atoms with E-state index in [1.807, 2.05) is 6.92 Å². The summed E-state index contributed by atoms with van der Waals surface area (Å²) >= 11 is 0. The lowest BCUT2D eigenvalue weighted by atomic mass is 10.1. The van der Waals surface area contributed by atoms with Crippen molar-refractivity contribution >= 4 is 5.97 Å². The van der Waals surface area contributed by atoms with Gasteiger partial charge in [-0.3, -0.25) is 9.89 Å². The van der Waals surface area contributed by atoms with E-state index in [1.165, 1.54) is 0 Å². The maximum atomic E-state index is 10.9. The Hall–Kier alpha value is -2.25. The standard InChI is InChI=1S/C10H14N6O2/c1-2-3-8(4-9(17)18)16-10(13-14-15-16)7-5-11-12-6-7/h5-6,8H,2-4H2,1H3,(H,11,12)(H,17,18). The monoisotopic (exact) mass is 250 g/mol. The van der Waals surface area contributed by atoms with Crippen molar-refractivity contribution in [3.8, 4) is 11.4 Å². The van der Waals surface area contributed by atoms with E-state index in [-0.39, 0.29) is 12.5 Å². The molecule has 0 aliphatic heterocycles. The Morgan fingerprint density at radius 1 is 1.61 bits per heavy atom. The Labute approximate surface area is 103 Å². The molecule has 2 aromatic rings. The molecule has 1 unspecified atom stereocenters. The minimum atomic E-state index is -0.859. The number of rotatable bonds is 6. The molecular formula is C10H14N6O2. The lowest BCUT2D eigenvalue weighted by molar-refractivity contribution is -0.138. The predicted octanol–water partition coefficient (Wildman–Crippen LogP) is 0.879. The average Bonchev–Trinajstić information content (AvgIpc) is 2.98. The first-order valence-electron chi connectivity index (χ1n) is 5.71. The molecule has 96 valence electrons. The Kier molecular flexibility index (Phi) is 3.66. The van der Waals surface area contributed by atoms with Crippen molar-refractivity contribution in [2.24, 2.45) is 0 Å². The second-order valence-corrected chi connectivity index (χ2v) is 3.97. The molecule has 0 radical (unpaired) electrons. The Balaban J connectivity index is 2.30. The molecule has 0 saturated carbocycles. The van der Waals surface area contributed by atoms with Gasteiger partial charge in [0.1, 0.15) is 0 Å². The Morgan fingerprint density at radius 2 is 2.44 bits per heavy atom. The van der Waals surface area contributed by atoms with Crippen LogP contribution < -0.4 is 0 Å². The molecule has 2 N–H and O–H groups in total. The van der Waals surface area contributed by atoms with Crippen molar-refractivity contribution in [1.29, 1.82) is 0 Å². The van der Waals surface area contributed by atoms with Crippen molar-refractivity contribution in [2.45, 2.75) is 32.2 Å². The number of carbonyl (C=O) groups is 1. The van der Waals surface area contributed by atoms with Gasteiger partial charge in [0.15, 0.2) is 5.82 Å². The fourth-order valence-corrected chi connectivity index (χ4v) is 1.85. The van der Waals surface area contributed by atoms with Crippen LogP contribution in [0.3, 0.4) is 0 Å². The number of H-pyrrole nitrogens is 1. The average molecular weight is 250 g/mol. The van der Waals surface area contributed by atoms with Crippen LogP contribution in [0.15, 0.2) is 12.4 Å². The van der Waals surface area contributed by atoms with Crippen molar-refractivity contribution < 1.29 is 9.90 Å².